The first-order valence-electron chi connectivity index (χ1n) is 8.13. The molecule has 0 radical (unpaired) electrons. The van der Waals surface area contributed by atoms with E-state index in [4.69, 9.17) is 9.73 Å². The Balaban J connectivity index is 0.00000484. The van der Waals surface area contributed by atoms with Gasteiger partial charge in [-0.1, -0.05) is 19.9 Å². The SMILES string of the molecule is CCNC(=NCC(C)(C)c1cccs1)NCCCOC(C)C.I. The number of aliphatic imine (C=N–C) groups is 1. The van der Waals surface area contributed by atoms with Gasteiger partial charge >= 0.3 is 0 Å². The lowest BCUT2D eigenvalue weighted by atomic mass is 9.92. The van der Waals surface area contributed by atoms with Gasteiger partial charge in [-0.3, -0.25) is 4.99 Å². The highest BCUT2D eigenvalue weighted by Gasteiger charge is 2.21. The van der Waals surface area contributed by atoms with Crippen LogP contribution in [-0.4, -0.2) is 38.3 Å². The molecule has 0 aliphatic heterocycles. The fourth-order valence-corrected chi connectivity index (χ4v) is 2.80. The van der Waals surface area contributed by atoms with Crippen molar-refractivity contribution < 1.29 is 4.74 Å². The van der Waals surface area contributed by atoms with Crippen LogP contribution in [0.5, 0.6) is 0 Å². The zero-order chi connectivity index (χ0) is 16.4. The van der Waals surface area contributed by atoms with E-state index in [0.717, 1.165) is 38.6 Å². The third kappa shape index (κ3) is 9.52. The summed E-state index contributed by atoms with van der Waals surface area (Å²) in [4.78, 5) is 6.11. The monoisotopic (exact) mass is 453 g/mol. The first kappa shape index (κ1) is 22.7. The van der Waals surface area contributed by atoms with Gasteiger partial charge in [0.15, 0.2) is 5.96 Å². The Morgan fingerprint density at radius 3 is 2.65 bits per heavy atom. The highest BCUT2D eigenvalue weighted by atomic mass is 127. The Kier molecular flexibility index (Phi) is 11.9. The van der Waals surface area contributed by atoms with Crippen LogP contribution < -0.4 is 10.6 Å². The minimum atomic E-state index is 0. The molecule has 4 nitrogen and oxygen atoms in total. The van der Waals surface area contributed by atoms with Crippen molar-refractivity contribution >= 4 is 41.3 Å². The summed E-state index contributed by atoms with van der Waals surface area (Å²) in [6.45, 7) is 14.0. The summed E-state index contributed by atoms with van der Waals surface area (Å²) in [5.41, 5.74) is 0.0667. The first-order valence-corrected chi connectivity index (χ1v) is 9.01. The van der Waals surface area contributed by atoms with E-state index in [1.807, 2.05) is 0 Å². The summed E-state index contributed by atoms with van der Waals surface area (Å²) in [7, 11) is 0. The quantitative estimate of drug-likeness (QED) is 0.257. The first-order chi connectivity index (χ1) is 10.5. The van der Waals surface area contributed by atoms with Crippen LogP contribution in [-0.2, 0) is 10.2 Å². The van der Waals surface area contributed by atoms with Gasteiger partial charge in [0, 0.05) is 30.0 Å². The molecular weight excluding hydrogens is 421 g/mol. The van der Waals surface area contributed by atoms with Gasteiger partial charge in [0.25, 0.3) is 0 Å². The molecule has 1 rings (SSSR count). The molecule has 2 N–H and O–H groups in total. The molecule has 1 heterocycles. The Labute approximate surface area is 162 Å². The molecular formula is C17H32IN3OS. The number of hydrogen-bond donors (Lipinski definition) is 2. The molecule has 0 aliphatic rings. The van der Waals surface area contributed by atoms with E-state index in [1.54, 1.807) is 11.3 Å². The molecule has 0 saturated carbocycles. The molecule has 0 spiro atoms. The molecule has 0 saturated heterocycles. The molecule has 0 unspecified atom stereocenters. The summed E-state index contributed by atoms with van der Waals surface area (Å²) in [6.07, 6.45) is 1.28. The summed E-state index contributed by atoms with van der Waals surface area (Å²) in [5, 5.41) is 8.80. The number of thiophene rings is 1. The summed E-state index contributed by atoms with van der Waals surface area (Å²) < 4.78 is 5.55. The lowest BCUT2D eigenvalue weighted by Gasteiger charge is -2.22. The van der Waals surface area contributed by atoms with Gasteiger partial charge in [-0.05, 0) is 38.6 Å². The van der Waals surface area contributed by atoms with Crippen molar-refractivity contribution in [2.75, 3.05) is 26.2 Å². The molecule has 0 amide bonds. The van der Waals surface area contributed by atoms with Crippen LogP contribution >= 0.6 is 35.3 Å². The molecule has 0 aromatic carbocycles. The Hall–Kier alpha value is -0.340. The average Bonchev–Trinajstić information content (AvgIpc) is 2.99. The Morgan fingerprint density at radius 2 is 2.09 bits per heavy atom. The van der Waals surface area contributed by atoms with E-state index in [9.17, 15) is 0 Å². The highest BCUT2D eigenvalue weighted by Crippen LogP contribution is 2.27. The number of hydrogen-bond acceptors (Lipinski definition) is 3. The van der Waals surface area contributed by atoms with Crippen molar-refractivity contribution in [3.05, 3.63) is 22.4 Å². The predicted octanol–water partition coefficient (Wildman–Crippen LogP) is 4.01. The third-order valence-corrected chi connectivity index (χ3v) is 4.47. The maximum Gasteiger partial charge on any atom is 0.191 e. The molecule has 134 valence electrons. The van der Waals surface area contributed by atoms with Crippen molar-refractivity contribution in [2.24, 2.45) is 4.99 Å². The minimum Gasteiger partial charge on any atom is -0.379 e. The fourth-order valence-electron chi connectivity index (χ4n) is 1.96. The molecule has 0 fully saturated rings. The van der Waals surface area contributed by atoms with Crippen molar-refractivity contribution in [3.8, 4) is 0 Å². The van der Waals surface area contributed by atoms with Gasteiger partial charge in [0.2, 0.25) is 0 Å². The summed E-state index contributed by atoms with van der Waals surface area (Å²) >= 11 is 1.80. The van der Waals surface area contributed by atoms with Crippen LogP contribution in [0.1, 0.15) is 45.9 Å². The smallest absolute Gasteiger partial charge is 0.191 e. The van der Waals surface area contributed by atoms with Crippen LogP contribution in [0.25, 0.3) is 0 Å². The second-order valence-corrected chi connectivity index (χ2v) is 7.20. The third-order valence-electron chi connectivity index (χ3n) is 3.23. The number of nitrogens with one attached hydrogen (secondary N) is 2. The van der Waals surface area contributed by atoms with Crippen molar-refractivity contribution in [1.82, 2.24) is 10.6 Å². The minimum absolute atomic E-state index is 0. The van der Waals surface area contributed by atoms with E-state index >= 15 is 0 Å². The Bertz CT molecular complexity index is 433. The van der Waals surface area contributed by atoms with Crippen LogP contribution in [0.3, 0.4) is 0 Å². The van der Waals surface area contributed by atoms with Gasteiger partial charge < -0.3 is 15.4 Å². The average molecular weight is 453 g/mol. The van der Waals surface area contributed by atoms with Crippen LogP contribution in [0, 0.1) is 0 Å². The van der Waals surface area contributed by atoms with E-state index in [0.29, 0.717) is 6.10 Å². The topological polar surface area (TPSA) is 45.7 Å². The van der Waals surface area contributed by atoms with Crippen LogP contribution in [0.15, 0.2) is 22.5 Å². The number of rotatable bonds is 9. The lowest BCUT2D eigenvalue weighted by molar-refractivity contribution is 0.0776. The predicted molar refractivity (Wildman–Crippen MR) is 112 cm³/mol. The van der Waals surface area contributed by atoms with E-state index in [-0.39, 0.29) is 29.4 Å². The maximum atomic E-state index is 5.55. The van der Waals surface area contributed by atoms with Crippen LogP contribution in [0.4, 0.5) is 0 Å². The second-order valence-electron chi connectivity index (χ2n) is 6.26. The van der Waals surface area contributed by atoms with Gasteiger partial charge in [-0.2, -0.15) is 0 Å². The highest BCUT2D eigenvalue weighted by molar-refractivity contribution is 14.0. The molecule has 6 heteroatoms. The van der Waals surface area contributed by atoms with Crippen LogP contribution in [0.2, 0.25) is 0 Å². The molecule has 1 aromatic rings. The Morgan fingerprint density at radius 1 is 1.35 bits per heavy atom. The lowest BCUT2D eigenvalue weighted by Crippen LogP contribution is -2.39. The molecule has 23 heavy (non-hydrogen) atoms. The van der Waals surface area contributed by atoms with Crippen molar-refractivity contribution in [2.45, 2.75) is 52.6 Å². The maximum absolute atomic E-state index is 5.55. The molecule has 0 atom stereocenters. The van der Waals surface area contributed by atoms with Gasteiger partial charge in [-0.15, -0.1) is 35.3 Å². The fraction of sp³-hybridized carbons (Fsp3) is 0.706. The number of ether oxygens (including phenoxy) is 1. The largest absolute Gasteiger partial charge is 0.379 e. The molecule has 1 aromatic heterocycles. The van der Waals surface area contributed by atoms with Gasteiger partial charge in [-0.25, -0.2) is 0 Å². The second kappa shape index (κ2) is 12.1. The van der Waals surface area contributed by atoms with Crippen molar-refractivity contribution in [3.63, 3.8) is 0 Å². The van der Waals surface area contributed by atoms with E-state index in [1.165, 1.54) is 4.88 Å². The zero-order valence-corrected chi connectivity index (χ0v) is 18.2. The van der Waals surface area contributed by atoms with Gasteiger partial charge in [0.1, 0.15) is 0 Å². The zero-order valence-electron chi connectivity index (χ0n) is 15.0. The molecule has 0 aliphatic carbocycles. The summed E-state index contributed by atoms with van der Waals surface area (Å²) in [5.74, 6) is 0.886. The summed E-state index contributed by atoms with van der Waals surface area (Å²) in [6, 6.07) is 4.29. The molecule has 0 bridgehead atoms. The number of nitrogens with zero attached hydrogens (tertiary/aromatic N) is 1. The van der Waals surface area contributed by atoms with Gasteiger partial charge in [0.05, 0.1) is 12.6 Å². The number of halogens is 1. The van der Waals surface area contributed by atoms with Crippen molar-refractivity contribution in [1.29, 1.82) is 0 Å². The number of guanidine groups is 1. The standard InChI is InChI=1S/C17H31N3OS.HI/c1-6-18-16(19-10-8-11-21-14(2)3)20-13-17(4,5)15-9-7-12-22-15;/h7,9,12,14H,6,8,10-11,13H2,1-5H3,(H2,18,19,20);1H. The van der Waals surface area contributed by atoms with E-state index < -0.39 is 0 Å². The normalized spacial score (nSPS) is 12.2. The van der Waals surface area contributed by atoms with E-state index in [2.05, 4.69) is 62.8 Å².